The fourth-order valence-electron chi connectivity index (χ4n) is 4.98. The van der Waals surface area contributed by atoms with Crippen molar-refractivity contribution in [1.82, 2.24) is 24.8 Å². The Balaban J connectivity index is 1.26. The van der Waals surface area contributed by atoms with Crippen LogP contribution in [-0.2, 0) is 4.74 Å². The van der Waals surface area contributed by atoms with Gasteiger partial charge in [-0.15, -0.1) is 0 Å². The summed E-state index contributed by atoms with van der Waals surface area (Å²) in [6, 6.07) is 7.89. The van der Waals surface area contributed by atoms with Gasteiger partial charge in [0.2, 0.25) is 0 Å². The van der Waals surface area contributed by atoms with Crippen LogP contribution in [0.4, 0.5) is 10.6 Å². The molecule has 2 aliphatic rings. The monoisotopic (exact) mass is 520 g/mol. The van der Waals surface area contributed by atoms with Crippen LogP contribution in [0.15, 0.2) is 36.8 Å². The number of aromatic nitrogens is 3. The largest absolute Gasteiger partial charge is 0.487 e. The van der Waals surface area contributed by atoms with Crippen molar-refractivity contribution in [2.24, 2.45) is 0 Å². The van der Waals surface area contributed by atoms with Crippen LogP contribution in [0.5, 0.6) is 5.75 Å². The van der Waals surface area contributed by atoms with E-state index in [2.05, 4.69) is 20.3 Å². The Bertz CT molecular complexity index is 1310. The van der Waals surface area contributed by atoms with Gasteiger partial charge in [0.1, 0.15) is 35.2 Å². The molecule has 1 atom stereocenters. The number of carbonyl (C=O) groups excluding carboxylic acids is 2. The SMILES string of the molecule is Cc1cccc(OC2CN(C(=O)c3c[nH]c4ncnc(NCC5CCCCN5C(=O)OC(C)(C)C)c34)C2)c1. The van der Waals surface area contributed by atoms with Gasteiger partial charge in [0, 0.05) is 19.3 Å². The highest BCUT2D eigenvalue weighted by molar-refractivity contribution is 6.09. The predicted octanol–water partition coefficient (Wildman–Crippen LogP) is 4.37. The fourth-order valence-corrected chi connectivity index (χ4v) is 4.98. The second kappa shape index (κ2) is 10.5. The summed E-state index contributed by atoms with van der Waals surface area (Å²) in [5.41, 5.74) is 1.69. The molecule has 5 rings (SSSR count). The van der Waals surface area contributed by atoms with Crippen LogP contribution in [0, 0.1) is 6.92 Å². The second-order valence-corrected chi connectivity index (χ2v) is 11.1. The van der Waals surface area contributed by atoms with Crippen molar-refractivity contribution in [3.63, 3.8) is 0 Å². The van der Waals surface area contributed by atoms with Crippen molar-refractivity contribution in [3.05, 3.63) is 47.9 Å². The normalized spacial score (nSPS) is 18.3. The van der Waals surface area contributed by atoms with Crippen molar-refractivity contribution in [2.45, 2.75) is 64.7 Å². The van der Waals surface area contributed by atoms with Crippen LogP contribution in [0.25, 0.3) is 11.0 Å². The van der Waals surface area contributed by atoms with E-state index in [-0.39, 0.29) is 24.1 Å². The van der Waals surface area contributed by atoms with E-state index in [0.29, 0.717) is 48.6 Å². The Morgan fingerprint density at radius 3 is 2.76 bits per heavy atom. The minimum Gasteiger partial charge on any atom is -0.487 e. The summed E-state index contributed by atoms with van der Waals surface area (Å²) >= 11 is 0. The van der Waals surface area contributed by atoms with Gasteiger partial charge in [-0.25, -0.2) is 14.8 Å². The molecule has 3 aromatic rings. The first-order valence-electron chi connectivity index (χ1n) is 13.3. The molecule has 1 unspecified atom stereocenters. The summed E-state index contributed by atoms with van der Waals surface area (Å²) in [5.74, 6) is 1.30. The average molecular weight is 521 g/mol. The summed E-state index contributed by atoms with van der Waals surface area (Å²) in [4.78, 5) is 41.6. The Hall–Kier alpha value is -3.82. The zero-order chi connectivity index (χ0) is 26.9. The third-order valence-corrected chi connectivity index (χ3v) is 6.89. The lowest BCUT2D eigenvalue weighted by Crippen LogP contribution is -2.56. The molecule has 202 valence electrons. The van der Waals surface area contributed by atoms with Crippen LogP contribution < -0.4 is 10.1 Å². The van der Waals surface area contributed by atoms with E-state index in [0.717, 1.165) is 30.6 Å². The fraction of sp³-hybridized carbons (Fsp3) is 0.500. The molecule has 0 spiro atoms. The molecule has 0 radical (unpaired) electrons. The molecule has 10 nitrogen and oxygen atoms in total. The van der Waals surface area contributed by atoms with Gasteiger partial charge in [0.25, 0.3) is 5.91 Å². The molecule has 0 saturated carbocycles. The molecule has 38 heavy (non-hydrogen) atoms. The number of ether oxygens (including phenoxy) is 2. The summed E-state index contributed by atoms with van der Waals surface area (Å²) in [6.45, 7) is 9.84. The zero-order valence-electron chi connectivity index (χ0n) is 22.5. The average Bonchev–Trinajstić information content (AvgIpc) is 3.28. The molecule has 4 heterocycles. The van der Waals surface area contributed by atoms with E-state index in [9.17, 15) is 9.59 Å². The van der Waals surface area contributed by atoms with E-state index in [1.807, 2.05) is 52.0 Å². The number of H-pyrrole nitrogens is 1. The summed E-state index contributed by atoms with van der Waals surface area (Å²) < 4.78 is 11.7. The molecule has 2 amide bonds. The lowest BCUT2D eigenvalue weighted by atomic mass is 10.0. The maximum absolute atomic E-state index is 13.4. The van der Waals surface area contributed by atoms with E-state index >= 15 is 0 Å². The highest BCUT2D eigenvalue weighted by atomic mass is 16.6. The quantitative estimate of drug-likeness (QED) is 0.496. The maximum Gasteiger partial charge on any atom is 0.410 e. The maximum atomic E-state index is 13.4. The first kappa shape index (κ1) is 25.8. The van der Waals surface area contributed by atoms with Gasteiger partial charge in [0.15, 0.2) is 0 Å². The van der Waals surface area contributed by atoms with Gasteiger partial charge in [0.05, 0.1) is 30.1 Å². The van der Waals surface area contributed by atoms with E-state index < -0.39 is 5.60 Å². The van der Waals surface area contributed by atoms with Gasteiger partial charge >= 0.3 is 6.09 Å². The number of rotatable bonds is 6. The number of aromatic amines is 1. The molecule has 10 heteroatoms. The molecule has 2 aliphatic heterocycles. The highest BCUT2D eigenvalue weighted by Crippen LogP contribution is 2.28. The van der Waals surface area contributed by atoms with Gasteiger partial charge < -0.3 is 29.6 Å². The summed E-state index contributed by atoms with van der Waals surface area (Å²) in [5, 5.41) is 4.05. The predicted molar refractivity (Wildman–Crippen MR) is 144 cm³/mol. The van der Waals surface area contributed by atoms with Crippen molar-refractivity contribution < 1.29 is 19.1 Å². The molecule has 2 N–H and O–H groups in total. The molecule has 0 aliphatic carbocycles. The van der Waals surface area contributed by atoms with Crippen LogP contribution in [0.2, 0.25) is 0 Å². The zero-order valence-corrected chi connectivity index (χ0v) is 22.5. The number of nitrogens with zero attached hydrogens (tertiary/aromatic N) is 4. The number of likely N-dealkylation sites (tertiary alicyclic amines) is 2. The number of amides is 2. The van der Waals surface area contributed by atoms with Gasteiger partial charge in [-0.05, 0) is 64.7 Å². The summed E-state index contributed by atoms with van der Waals surface area (Å²) in [6.07, 6.45) is 5.69. The third-order valence-electron chi connectivity index (χ3n) is 6.89. The Labute approximate surface area is 222 Å². The van der Waals surface area contributed by atoms with E-state index in [4.69, 9.17) is 9.47 Å². The molecule has 2 fully saturated rings. The highest BCUT2D eigenvalue weighted by Gasteiger charge is 2.35. The number of piperidine rings is 1. The minimum atomic E-state index is -0.549. The van der Waals surface area contributed by atoms with E-state index in [1.165, 1.54) is 6.33 Å². The number of anilines is 1. The van der Waals surface area contributed by atoms with Gasteiger partial charge in [-0.2, -0.15) is 0 Å². The molecular formula is C28H36N6O4. The smallest absolute Gasteiger partial charge is 0.410 e. The minimum absolute atomic E-state index is 0.0309. The molecule has 2 aromatic heterocycles. The Morgan fingerprint density at radius 2 is 2.00 bits per heavy atom. The number of fused-ring (bicyclic) bond motifs is 1. The van der Waals surface area contributed by atoms with Crippen molar-refractivity contribution in [3.8, 4) is 5.75 Å². The van der Waals surface area contributed by atoms with Crippen LogP contribution >= 0.6 is 0 Å². The van der Waals surface area contributed by atoms with Crippen LogP contribution in [-0.4, -0.2) is 80.7 Å². The third kappa shape index (κ3) is 5.69. The van der Waals surface area contributed by atoms with Crippen LogP contribution in [0.1, 0.15) is 56.0 Å². The number of benzene rings is 1. The van der Waals surface area contributed by atoms with Crippen LogP contribution in [0.3, 0.4) is 0 Å². The number of nitrogens with one attached hydrogen (secondary N) is 2. The molecular weight excluding hydrogens is 484 g/mol. The molecule has 1 aromatic carbocycles. The lowest BCUT2D eigenvalue weighted by Gasteiger charge is -2.39. The lowest BCUT2D eigenvalue weighted by molar-refractivity contribution is 0.0114. The number of aryl methyl sites for hydroxylation is 1. The van der Waals surface area contributed by atoms with Gasteiger partial charge in [-0.3, -0.25) is 4.79 Å². The van der Waals surface area contributed by atoms with Gasteiger partial charge in [-0.1, -0.05) is 12.1 Å². The number of hydrogen-bond donors (Lipinski definition) is 2. The van der Waals surface area contributed by atoms with Crippen molar-refractivity contribution in [2.75, 3.05) is 31.5 Å². The topological polar surface area (TPSA) is 113 Å². The first-order chi connectivity index (χ1) is 18.2. The number of hydrogen-bond acceptors (Lipinski definition) is 7. The first-order valence-corrected chi connectivity index (χ1v) is 13.3. The van der Waals surface area contributed by atoms with E-state index in [1.54, 1.807) is 16.0 Å². The Kier molecular flexibility index (Phi) is 7.14. The molecule has 2 saturated heterocycles. The standard InChI is InChI=1S/C28H36N6O4/c1-18-8-7-10-20(12-18)37-21-15-33(16-21)26(35)22-14-30-25-23(22)24(31-17-32-25)29-13-19-9-5-6-11-34(19)27(36)38-28(2,3)4/h7-8,10,12,14,17,19,21H,5-6,9,11,13,15-16H2,1-4H3,(H2,29,30,31,32). The molecule has 0 bridgehead atoms. The van der Waals surface area contributed by atoms with Crippen molar-refractivity contribution >= 4 is 28.9 Å². The number of carbonyl (C=O) groups is 2. The second-order valence-electron chi connectivity index (χ2n) is 11.1. The summed E-state index contributed by atoms with van der Waals surface area (Å²) in [7, 11) is 0. The van der Waals surface area contributed by atoms with Crippen molar-refractivity contribution in [1.29, 1.82) is 0 Å². The Morgan fingerprint density at radius 1 is 1.18 bits per heavy atom.